The second-order valence-corrected chi connectivity index (χ2v) is 8.15. The van der Waals surface area contributed by atoms with E-state index in [1.807, 2.05) is 6.07 Å². The fourth-order valence-corrected chi connectivity index (χ4v) is 3.92. The molecule has 148 valence electrons. The van der Waals surface area contributed by atoms with Gasteiger partial charge in [-0.25, -0.2) is 17.2 Å². The van der Waals surface area contributed by atoms with Crippen molar-refractivity contribution in [2.24, 2.45) is 0 Å². The van der Waals surface area contributed by atoms with Gasteiger partial charge in [0, 0.05) is 23.2 Å². The average Bonchev–Trinajstić information content (AvgIpc) is 2.68. The molecule has 1 N–H and O–H groups in total. The van der Waals surface area contributed by atoms with Crippen LogP contribution in [-0.2, 0) is 10.0 Å². The minimum atomic E-state index is -3.75. The van der Waals surface area contributed by atoms with E-state index in [1.54, 1.807) is 6.92 Å². The SMILES string of the molecule is CCCS(=O)(=O)Nc1cc(F)c(F)c(C(=O)c2ccc3ncc(C#N)cc3c2)c1. The summed E-state index contributed by atoms with van der Waals surface area (Å²) in [5.74, 6) is -3.76. The zero-order chi connectivity index (χ0) is 21.2. The minimum absolute atomic E-state index is 0.0428. The Morgan fingerprint density at radius 3 is 2.66 bits per heavy atom. The number of nitriles is 1. The molecular formula is C20H15F2N3O3S. The highest BCUT2D eigenvalue weighted by Crippen LogP contribution is 2.24. The van der Waals surface area contributed by atoms with Crippen LogP contribution in [0, 0.1) is 23.0 Å². The number of halogens is 2. The van der Waals surface area contributed by atoms with E-state index < -0.39 is 33.0 Å². The highest BCUT2D eigenvalue weighted by atomic mass is 32.2. The van der Waals surface area contributed by atoms with Crippen LogP contribution in [0.3, 0.4) is 0 Å². The second kappa shape index (κ2) is 7.93. The van der Waals surface area contributed by atoms with Crippen molar-refractivity contribution in [1.82, 2.24) is 4.98 Å². The Kier molecular flexibility index (Phi) is 5.57. The quantitative estimate of drug-likeness (QED) is 0.618. The normalized spacial score (nSPS) is 11.2. The highest BCUT2D eigenvalue weighted by molar-refractivity contribution is 7.92. The average molecular weight is 415 g/mol. The fraction of sp³-hybridized carbons (Fsp3) is 0.150. The number of benzene rings is 2. The first-order chi connectivity index (χ1) is 13.7. The van der Waals surface area contributed by atoms with Crippen LogP contribution >= 0.6 is 0 Å². The van der Waals surface area contributed by atoms with Gasteiger partial charge in [-0.3, -0.25) is 14.5 Å². The van der Waals surface area contributed by atoms with Crippen molar-refractivity contribution in [3.05, 3.63) is 70.9 Å². The monoisotopic (exact) mass is 415 g/mol. The zero-order valence-electron chi connectivity index (χ0n) is 15.2. The van der Waals surface area contributed by atoms with E-state index in [2.05, 4.69) is 9.71 Å². The number of sulfonamides is 1. The van der Waals surface area contributed by atoms with Gasteiger partial charge in [-0.15, -0.1) is 0 Å². The molecule has 29 heavy (non-hydrogen) atoms. The van der Waals surface area contributed by atoms with Gasteiger partial charge in [0.15, 0.2) is 17.4 Å². The lowest BCUT2D eigenvalue weighted by Crippen LogP contribution is -2.17. The van der Waals surface area contributed by atoms with E-state index >= 15 is 0 Å². The third kappa shape index (κ3) is 4.38. The van der Waals surface area contributed by atoms with Gasteiger partial charge in [-0.1, -0.05) is 6.92 Å². The van der Waals surface area contributed by atoms with Gasteiger partial charge in [0.2, 0.25) is 10.0 Å². The molecule has 0 fully saturated rings. The largest absolute Gasteiger partial charge is 0.288 e. The molecule has 3 aromatic rings. The van der Waals surface area contributed by atoms with Gasteiger partial charge in [0.1, 0.15) is 6.07 Å². The third-order valence-corrected chi connectivity index (χ3v) is 5.58. The summed E-state index contributed by atoms with van der Waals surface area (Å²) in [6.07, 6.45) is 1.71. The summed E-state index contributed by atoms with van der Waals surface area (Å²) in [6, 6.07) is 9.43. The van der Waals surface area contributed by atoms with Crippen LogP contribution in [0.2, 0.25) is 0 Å². The lowest BCUT2D eigenvalue weighted by molar-refractivity contribution is 0.103. The van der Waals surface area contributed by atoms with E-state index in [0.29, 0.717) is 23.4 Å². The third-order valence-electron chi connectivity index (χ3n) is 4.09. The van der Waals surface area contributed by atoms with E-state index in [9.17, 15) is 22.0 Å². The molecule has 3 rings (SSSR count). The number of hydrogen-bond donors (Lipinski definition) is 1. The standard InChI is InChI=1S/C20H15F2N3O3S/c1-2-5-29(27,28)25-15-8-16(19(22)17(21)9-15)20(26)13-3-4-18-14(7-13)6-12(10-23)11-24-18/h3-4,6-9,11,25H,2,5H2,1H3. The molecule has 0 aliphatic rings. The van der Waals surface area contributed by atoms with Gasteiger partial charge in [-0.2, -0.15) is 5.26 Å². The molecule has 6 nitrogen and oxygen atoms in total. The summed E-state index contributed by atoms with van der Waals surface area (Å²) in [6.45, 7) is 1.66. The number of rotatable bonds is 6. The first-order valence-corrected chi connectivity index (χ1v) is 10.2. The molecular weight excluding hydrogens is 400 g/mol. The topological polar surface area (TPSA) is 99.9 Å². The smallest absolute Gasteiger partial charge is 0.232 e. The van der Waals surface area contributed by atoms with E-state index in [-0.39, 0.29) is 22.6 Å². The number of nitrogens with zero attached hydrogens (tertiary/aromatic N) is 2. The van der Waals surface area contributed by atoms with Crippen molar-refractivity contribution in [1.29, 1.82) is 5.26 Å². The molecule has 0 bridgehead atoms. The number of carbonyl (C=O) groups excluding carboxylic acids is 1. The number of anilines is 1. The van der Waals surface area contributed by atoms with Crippen molar-refractivity contribution in [2.45, 2.75) is 13.3 Å². The lowest BCUT2D eigenvalue weighted by atomic mass is 10.00. The summed E-state index contributed by atoms with van der Waals surface area (Å²) in [5.41, 5.74) is -0.000876. The summed E-state index contributed by atoms with van der Waals surface area (Å²) >= 11 is 0. The molecule has 0 aliphatic heterocycles. The van der Waals surface area contributed by atoms with Crippen LogP contribution in [0.1, 0.15) is 34.8 Å². The first-order valence-electron chi connectivity index (χ1n) is 8.58. The van der Waals surface area contributed by atoms with Gasteiger partial charge in [0.25, 0.3) is 0 Å². The molecule has 0 saturated carbocycles. The summed E-state index contributed by atoms with van der Waals surface area (Å²) in [7, 11) is -3.75. The molecule has 0 atom stereocenters. The Bertz CT molecular complexity index is 1270. The lowest BCUT2D eigenvalue weighted by Gasteiger charge is -2.11. The number of carbonyl (C=O) groups is 1. The van der Waals surface area contributed by atoms with E-state index in [1.165, 1.54) is 30.5 Å². The van der Waals surface area contributed by atoms with Gasteiger partial charge < -0.3 is 0 Å². The molecule has 0 saturated heterocycles. The predicted molar refractivity (Wildman–Crippen MR) is 104 cm³/mol. The van der Waals surface area contributed by atoms with Crippen LogP contribution < -0.4 is 4.72 Å². The fourth-order valence-electron chi connectivity index (χ4n) is 2.80. The number of aromatic nitrogens is 1. The number of pyridine rings is 1. The van der Waals surface area contributed by atoms with Crippen molar-refractivity contribution >= 4 is 32.4 Å². The molecule has 0 spiro atoms. The van der Waals surface area contributed by atoms with E-state index in [0.717, 1.165) is 6.07 Å². The van der Waals surface area contributed by atoms with Crippen molar-refractivity contribution < 1.29 is 22.0 Å². The maximum absolute atomic E-state index is 14.3. The molecule has 9 heteroatoms. The van der Waals surface area contributed by atoms with E-state index in [4.69, 9.17) is 5.26 Å². The van der Waals surface area contributed by atoms with Crippen LogP contribution in [0.25, 0.3) is 10.9 Å². The molecule has 0 amide bonds. The summed E-state index contributed by atoms with van der Waals surface area (Å²) in [4.78, 5) is 16.9. The number of hydrogen-bond acceptors (Lipinski definition) is 5. The molecule has 1 aromatic heterocycles. The Morgan fingerprint density at radius 1 is 1.21 bits per heavy atom. The molecule has 0 unspecified atom stereocenters. The van der Waals surface area contributed by atoms with Crippen molar-refractivity contribution in [2.75, 3.05) is 10.5 Å². The van der Waals surface area contributed by atoms with Crippen molar-refractivity contribution in [3.63, 3.8) is 0 Å². The van der Waals surface area contributed by atoms with Gasteiger partial charge >= 0.3 is 0 Å². The first kappa shape index (κ1) is 20.4. The van der Waals surface area contributed by atoms with Crippen molar-refractivity contribution in [3.8, 4) is 6.07 Å². The number of nitrogens with one attached hydrogen (secondary N) is 1. The maximum Gasteiger partial charge on any atom is 0.232 e. The molecule has 2 aromatic carbocycles. The molecule has 0 radical (unpaired) electrons. The zero-order valence-corrected chi connectivity index (χ0v) is 16.1. The second-order valence-electron chi connectivity index (χ2n) is 6.31. The predicted octanol–water partition coefficient (Wildman–Crippen LogP) is 3.77. The molecule has 0 aliphatic carbocycles. The number of fused-ring (bicyclic) bond motifs is 1. The highest BCUT2D eigenvalue weighted by Gasteiger charge is 2.21. The van der Waals surface area contributed by atoms with Crippen LogP contribution in [0.4, 0.5) is 14.5 Å². The molecule has 1 heterocycles. The Hall–Kier alpha value is -3.38. The van der Waals surface area contributed by atoms with Crippen LogP contribution in [-0.4, -0.2) is 24.9 Å². The Morgan fingerprint density at radius 2 is 1.97 bits per heavy atom. The maximum atomic E-state index is 14.3. The minimum Gasteiger partial charge on any atom is -0.288 e. The number of ketones is 1. The van der Waals surface area contributed by atoms with Gasteiger partial charge in [0.05, 0.1) is 28.1 Å². The summed E-state index contributed by atoms with van der Waals surface area (Å²) < 4.78 is 54.3. The summed E-state index contributed by atoms with van der Waals surface area (Å²) in [5, 5.41) is 9.46. The Labute approximate surface area is 165 Å². The Balaban J connectivity index is 2.04. The van der Waals surface area contributed by atoms with Crippen LogP contribution in [0.15, 0.2) is 42.6 Å². The van der Waals surface area contributed by atoms with Gasteiger partial charge in [-0.05, 0) is 36.8 Å². The van der Waals surface area contributed by atoms with Crippen LogP contribution in [0.5, 0.6) is 0 Å².